The smallest absolute Gasteiger partial charge is 0.209 e. The standard InChI is InChI=1S/C12H17Cl2NO3S/c13-10-5-6-12(11(14)9-10)18-7-3-1-2-4-8-19(15,16)17/h5-6,9H,1-4,7-8H2,(H2,15,16,17). The molecule has 0 spiro atoms. The highest BCUT2D eigenvalue weighted by Gasteiger charge is 2.03. The van der Waals surface area contributed by atoms with Gasteiger partial charge in [0.25, 0.3) is 0 Å². The SMILES string of the molecule is NS(=O)(=O)CCCCCCOc1ccc(Cl)cc1Cl. The van der Waals surface area contributed by atoms with E-state index in [0.717, 1.165) is 19.3 Å². The highest BCUT2D eigenvalue weighted by Crippen LogP contribution is 2.27. The van der Waals surface area contributed by atoms with Gasteiger partial charge in [-0.25, -0.2) is 13.6 Å². The molecule has 0 atom stereocenters. The minimum absolute atomic E-state index is 0.0386. The van der Waals surface area contributed by atoms with Crippen LogP contribution >= 0.6 is 23.2 Å². The Balaban J connectivity index is 2.14. The minimum Gasteiger partial charge on any atom is -0.492 e. The molecule has 1 rings (SSSR count). The first-order valence-corrected chi connectivity index (χ1v) is 8.44. The molecule has 0 unspecified atom stereocenters. The van der Waals surface area contributed by atoms with Crippen LogP contribution in [0.4, 0.5) is 0 Å². The van der Waals surface area contributed by atoms with E-state index in [1.165, 1.54) is 0 Å². The van der Waals surface area contributed by atoms with Gasteiger partial charge in [-0.15, -0.1) is 0 Å². The first-order chi connectivity index (χ1) is 8.88. The summed E-state index contributed by atoms with van der Waals surface area (Å²) in [6, 6.07) is 5.07. The lowest BCUT2D eigenvalue weighted by atomic mass is 10.2. The number of ether oxygens (including phenoxy) is 1. The third-order valence-electron chi connectivity index (χ3n) is 2.47. The van der Waals surface area contributed by atoms with Crippen molar-refractivity contribution in [3.8, 4) is 5.75 Å². The second kappa shape index (κ2) is 7.94. The van der Waals surface area contributed by atoms with E-state index in [1.54, 1.807) is 18.2 Å². The maximum atomic E-state index is 10.7. The fourth-order valence-electron chi connectivity index (χ4n) is 1.53. The van der Waals surface area contributed by atoms with Crippen LogP contribution in [0.1, 0.15) is 25.7 Å². The van der Waals surface area contributed by atoms with Crippen LogP contribution in [-0.2, 0) is 10.0 Å². The summed E-state index contributed by atoms with van der Waals surface area (Å²) in [6.45, 7) is 0.538. The predicted molar refractivity (Wildman–Crippen MR) is 78.4 cm³/mol. The van der Waals surface area contributed by atoms with Crippen LogP contribution in [0.15, 0.2) is 18.2 Å². The monoisotopic (exact) mass is 325 g/mol. The Morgan fingerprint density at radius 3 is 2.42 bits per heavy atom. The number of nitrogens with two attached hydrogens (primary N) is 1. The van der Waals surface area contributed by atoms with Crippen molar-refractivity contribution in [2.75, 3.05) is 12.4 Å². The Bertz CT molecular complexity index is 506. The number of primary sulfonamides is 1. The summed E-state index contributed by atoms with van der Waals surface area (Å²) in [5, 5.41) is 5.96. The van der Waals surface area contributed by atoms with E-state index in [9.17, 15) is 8.42 Å². The molecule has 0 amide bonds. The molecular weight excluding hydrogens is 309 g/mol. The van der Waals surface area contributed by atoms with Crippen molar-refractivity contribution < 1.29 is 13.2 Å². The molecule has 19 heavy (non-hydrogen) atoms. The van der Waals surface area contributed by atoms with E-state index in [-0.39, 0.29) is 5.75 Å². The van der Waals surface area contributed by atoms with Gasteiger partial charge in [-0.05, 0) is 31.0 Å². The molecule has 4 nitrogen and oxygen atoms in total. The summed E-state index contributed by atoms with van der Waals surface area (Å²) in [7, 11) is -3.33. The zero-order valence-corrected chi connectivity index (χ0v) is 12.8. The van der Waals surface area contributed by atoms with Gasteiger partial charge >= 0.3 is 0 Å². The molecule has 0 saturated carbocycles. The molecule has 2 N–H and O–H groups in total. The summed E-state index contributed by atoms with van der Waals surface area (Å²) in [6.07, 6.45) is 3.12. The number of halogens is 2. The summed E-state index contributed by atoms with van der Waals surface area (Å²) in [5.41, 5.74) is 0. The molecular formula is C12H17Cl2NO3S. The second-order valence-electron chi connectivity index (χ2n) is 4.20. The fraction of sp³-hybridized carbons (Fsp3) is 0.500. The fourth-order valence-corrected chi connectivity index (χ4v) is 2.60. The van der Waals surface area contributed by atoms with Gasteiger partial charge in [0.15, 0.2) is 0 Å². The molecule has 0 saturated heterocycles. The molecule has 1 aromatic carbocycles. The van der Waals surface area contributed by atoms with Gasteiger partial charge in [0.1, 0.15) is 5.75 Å². The summed E-state index contributed by atoms with van der Waals surface area (Å²) < 4.78 is 26.9. The Morgan fingerprint density at radius 2 is 1.79 bits per heavy atom. The first-order valence-electron chi connectivity index (χ1n) is 5.97. The molecule has 7 heteroatoms. The van der Waals surface area contributed by atoms with Crippen LogP contribution < -0.4 is 9.88 Å². The van der Waals surface area contributed by atoms with Crippen LogP contribution in [0, 0.1) is 0 Å². The van der Waals surface area contributed by atoms with Crippen molar-refractivity contribution in [3.05, 3.63) is 28.2 Å². The van der Waals surface area contributed by atoms with Crippen LogP contribution in [0.5, 0.6) is 5.75 Å². The van der Waals surface area contributed by atoms with Crippen LogP contribution in [-0.4, -0.2) is 20.8 Å². The molecule has 108 valence electrons. The van der Waals surface area contributed by atoms with Crippen molar-refractivity contribution in [2.45, 2.75) is 25.7 Å². The lowest BCUT2D eigenvalue weighted by Crippen LogP contribution is -2.16. The van der Waals surface area contributed by atoms with Crippen LogP contribution in [0.2, 0.25) is 10.0 Å². The van der Waals surface area contributed by atoms with Gasteiger partial charge in [0, 0.05) is 5.02 Å². The summed E-state index contributed by atoms with van der Waals surface area (Å²) in [4.78, 5) is 0. The topological polar surface area (TPSA) is 69.4 Å². The first kappa shape index (κ1) is 16.6. The quantitative estimate of drug-likeness (QED) is 0.746. The number of hydrogen-bond acceptors (Lipinski definition) is 3. The highest BCUT2D eigenvalue weighted by molar-refractivity contribution is 7.89. The van der Waals surface area contributed by atoms with Gasteiger partial charge in [0.05, 0.1) is 17.4 Å². The van der Waals surface area contributed by atoms with Gasteiger partial charge < -0.3 is 4.74 Å². The van der Waals surface area contributed by atoms with E-state index in [2.05, 4.69) is 0 Å². The maximum Gasteiger partial charge on any atom is 0.209 e. The molecule has 0 radical (unpaired) electrons. The van der Waals surface area contributed by atoms with E-state index >= 15 is 0 Å². The van der Waals surface area contributed by atoms with Crippen LogP contribution in [0.3, 0.4) is 0 Å². The Kier molecular flexibility index (Phi) is 6.93. The molecule has 0 heterocycles. The lowest BCUT2D eigenvalue weighted by Gasteiger charge is -2.08. The molecule has 0 aliphatic heterocycles. The zero-order valence-electron chi connectivity index (χ0n) is 10.4. The van der Waals surface area contributed by atoms with E-state index in [4.69, 9.17) is 33.1 Å². The van der Waals surface area contributed by atoms with Crippen LogP contribution in [0.25, 0.3) is 0 Å². The average molecular weight is 326 g/mol. The number of unbranched alkanes of at least 4 members (excludes halogenated alkanes) is 3. The second-order valence-corrected chi connectivity index (χ2v) is 6.78. The Morgan fingerprint density at radius 1 is 1.11 bits per heavy atom. The van der Waals surface area contributed by atoms with E-state index in [1.807, 2.05) is 0 Å². The number of hydrogen-bond donors (Lipinski definition) is 1. The number of sulfonamides is 1. The molecule has 0 aliphatic carbocycles. The molecule has 0 aliphatic rings. The van der Waals surface area contributed by atoms with E-state index in [0.29, 0.717) is 28.8 Å². The molecule has 0 bridgehead atoms. The van der Waals surface area contributed by atoms with Gasteiger partial charge in [-0.1, -0.05) is 36.0 Å². The third-order valence-corrected chi connectivity index (χ3v) is 3.86. The van der Waals surface area contributed by atoms with Gasteiger partial charge in [-0.2, -0.15) is 0 Å². The maximum absolute atomic E-state index is 10.7. The lowest BCUT2D eigenvalue weighted by molar-refractivity contribution is 0.305. The molecule has 0 aromatic heterocycles. The number of benzene rings is 1. The molecule has 1 aromatic rings. The largest absolute Gasteiger partial charge is 0.492 e. The van der Waals surface area contributed by atoms with E-state index < -0.39 is 10.0 Å². The Hall–Kier alpha value is -0.490. The third kappa shape index (κ3) is 7.62. The summed E-state index contributed by atoms with van der Waals surface area (Å²) >= 11 is 11.7. The van der Waals surface area contributed by atoms with Crippen molar-refractivity contribution >= 4 is 33.2 Å². The van der Waals surface area contributed by atoms with Gasteiger partial charge in [-0.3, -0.25) is 0 Å². The van der Waals surface area contributed by atoms with Crippen molar-refractivity contribution in [2.24, 2.45) is 5.14 Å². The zero-order chi connectivity index (χ0) is 14.3. The minimum atomic E-state index is -3.33. The number of rotatable bonds is 8. The Labute approximate surface area is 123 Å². The van der Waals surface area contributed by atoms with Crippen molar-refractivity contribution in [1.82, 2.24) is 0 Å². The summed E-state index contributed by atoms with van der Waals surface area (Å²) in [5.74, 6) is 0.646. The van der Waals surface area contributed by atoms with Crippen molar-refractivity contribution in [1.29, 1.82) is 0 Å². The molecule has 0 fully saturated rings. The van der Waals surface area contributed by atoms with Crippen molar-refractivity contribution in [3.63, 3.8) is 0 Å². The normalized spacial score (nSPS) is 11.5. The van der Waals surface area contributed by atoms with Gasteiger partial charge in [0.2, 0.25) is 10.0 Å². The predicted octanol–water partition coefficient (Wildman–Crippen LogP) is 3.22. The average Bonchev–Trinajstić information content (AvgIpc) is 2.29. The highest BCUT2D eigenvalue weighted by atomic mass is 35.5.